The number of rotatable bonds is 4. The smallest absolute Gasteiger partial charge is 0.266 e. The van der Waals surface area contributed by atoms with Gasteiger partial charge in [0.25, 0.3) is 10.7 Å². The van der Waals surface area contributed by atoms with Gasteiger partial charge in [0.2, 0.25) is 0 Å². The molecule has 6 heteroatoms. The van der Waals surface area contributed by atoms with Crippen LogP contribution in [0.4, 0.5) is 0 Å². The number of benzene rings is 1. The van der Waals surface area contributed by atoms with Gasteiger partial charge in [0.1, 0.15) is 6.04 Å². The van der Waals surface area contributed by atoms with Crippen LogP contribution in [0, 0.1) is 22.1 Å². The number of H-pyrrole nitrogens is 1. The van der Waals surface area contributed by atoms with E-state index in [-0.39, 0.29) is 10.7 Å². The Labute approximate surface area is 121 Å². The number of oxazole rings is 1. The molecule has 20 heavy (non-hydrogen) atoms. The number of nitriles is 1. The zero-order chi connectivity index (χ0) is 14.7. The molecule has 0 aliphatic rings. The van der Waals surface area contributed by atoms with Crippen LogP contribution in [0.25, 0.3) is 11.1 Å². The molecular formula is C14H15N3O2S. The Bertz CT molecular complexity index is 724. The molecule has 1 unspecified atom stereocenters. The second kappa shape index (κ2) is 5.88. The number of amides is 1. The fraction of sp³-hybridized carbons (Fsp3) is 0.357. The van der Waals surface area contributed by atoms with E-state index in [1.165, 1.54) is 0 Å². The van der Waals surface area contributed by atoms with E-state index < -0.39 is 6.04 Å². The molecule has 1 heterocycles. The summed E-state index contributed by atoms with van der Waals surface area (Å²) in [5.74, 6) is 0.0475. The SMILES string of the molecule is CC(C)CC(C#N)NC(=O)c1ccc2[nH]c(=S)oc2c1. The summed E-state index contributed by atoms with van der Waals surface area (Å²) in [6, 6.07) is 6.62. The Kier molecular flexibility index (Phi) is 4.20. The van der Waals surface area contributed by atoms with Crippen molar-refractivity contribution in [2.45, 2.75) is 26.3 Å². The van der Waals surface area contributed by atoms with Gasteiger partial charge in [-0.05, 0) is 42.8 Å². The van der Waals surface area contributed by atoms with Crippen molar-refractivity contribution in [3.63, 3.8) is 0 Å². The molecule has 0 saturated heterocycles. The minimum absolute atomic E-state index is 0.271. The van der Waals surface area contributed by atoms with Crippen LogP contribution < -0.4 is 5.32 Å². The topological polar surface area (TPSA) is 81.8 Å². The van der Waals surface area contributed by atoms with Gasteiger partial charge in [0.05, 0.1) is 11.6 Å². The summed E-state index contributed by atoms with van der Waals surface area (Å²) in [5.41, 5.74) is 1.71. The number of aromatic amines is 1. The van der Waals surface area contributed by atoms with E-state index in [9.17, 15) is 4.79 Å². The summed E-state index contributed by atoms with van der Waals surface area (Å²) in [6.45, 7) is 4.01. The lowest BCUT2D eigenvalue weighted by molar-refractivity contribution is 0.0942. The van der Waals surface area contributed by atoms with Gasteiger partial charge in [0, 0.05) is 5.56 Å². The molecule has 0 aliphatic heterocycles. The van der Waals surface area contributed by atoms with Crippen molar-refractivity contribution in [2.75, 3.05) is 0 Å². The highest BCUT2D eigenvalue weighted by atomic mass is 32.1. The third-order valence-corrected chi connectivity index (χ3v) is 3.04. The van der Waals surface area contributed by atoms with Crippen molar-refractivity contribution in [1.82, 2.24) is 10.3 Å². The molecule has 2 aromatic rings. The Morgan fingerprint density at radius 2 is 2.30 bits per heavy atom. The maximum absolute atomic E-state index is 12.1. The molecule has 5 nitrogen and oxygen atoms in total. The molecule has 1 aromatic carbocycles. The second-order valence-corrected chi connectivity index (χ2v) is 5.38. The first-order valence-electron chi connectivity index (χ1n) is 6.33. The van der Waals surface area contributed by atoms with Crippen molar-refractivity contribution in [1.29, 1.82) is 5.26 Å². The third kappa shape index (κ3) is 3.25. The summed E-state index contributed by atoms with van der Waals surface area (Å²) in [4.78, 5) is 15.2. The van der Waals surface area contributed by atoms with Crippen molar-refractivity contribution in [3.05, 3.63) is 28.6 Å². The Balaban J connectivity index is 2.18. The Hall–Kier alpha value is -2.13. The molecule has 0 radical (unpaired) electrons. The molecule has 1 aromatic heterocycles. The first kappa shape index (κ1) is 14.3. The lowest BCUT2D eigenvalue weighted by Crippen LogP contribution is -2.34. The summed E-state index contributed by atoms with van der Waals surface area (Å²) < 4.78 is 5.27. The molecule has 0 bridgehead atoms. The summed E-state index contributed by atoms with van der Waals surface area (Å²) in [6.07, 6.45) is 0.620. The minimum Gasteiger partial charge on any atom is -0.429 e. The Morgan fingerprint density at radius 3 is 2.95 bits per heavy atom. The van der Waals surface area contributed by atoms with Crippen molar-refractivity contribution in [3.8, 4) is 6.07 Å². The maximum Gasteiger partial charge on any atom is 0.266 e. The van der Waals surface area contributed by atoms with Crippen LogP contribution in [0.2, 0.25) is 0 Å². The molecule has 104 valence electrons. The monoisotopic (exact) mass is 289 g/mol. The number of hydrogen-bond acceptors (Lipinski definition) is 4. The van der Waals surface area contributed by atoms with Crippen LogP contribution in [0.3, 0.4) is 0 Å². The van der Waals surface area contributed by atoms with Crippen LogP contribution in [0.5, 0.6) is 0 Å². The van der Waals surface area contributed by atoms with Gasteiger partial charge in [-0.25, -0.2) is 0 Å². The molecule has 0 aliphatic carbocycles. The number of carbonyl (C=O) groups is 1. The molecule has 0 spiro atoms. The maximum atomic E-state index is 12.1. The fourth-order valence-corrected chi connectivity index (χ4v) is 2.14. The summed E-state index contributed by atoms with van der Waals surface area (Å²) in [7, 11) is 0. The van der Waals surface area contributed by atoms with Gasteiger partial charge in [-0.3, -0.25) is 4.79 Å². The van der Waals surface area contributed by atoms with E-state index in [0.717, 1.165) is 5.52 Å². The lowest BCUT2D eigenvalue weighted by atomic mass is 10.0. The number of hydrogen-bond donors (Lipinski definition) is 2. The van der Waals surface area contributed by atoms with Gasteiger partial charge >= 0.3 is 0 Å². The van der Waals surface area contributed by atoms with E-state index in [0.29, 0.717) is 23.5 Å². The quantitative estimate of drug-likeness (QED) is 0.847. The van der Waals surface area contributed by atoms with Gasteiger partial charge in [0.15, 0.2) is 5.58 Å². The molecule has 1 atom stereocenters. The van der Waals surface area contributed by atoms with Crippen molar-refractivity contribution in [2.24, 2.45) is 5.92 Å². The molecular weight excluding hydrogens is 274 g/mol. The van der Waals surface area contributed by atoms with Gasteiger partial charge in [-0.1, -0.05) is 13.8 Å². The van der Waals surface area contributed by atoms with E-state index in [1.54, 1.807) is 18.2 Å². The standard InChI is InChI=1S/C14H15N3O2S/c1-8(2)5-10(7-15)16-13(18)9-3-4-11-12(6-9)19-14(20)17-11/h3-4,6,8,10H,5H2,1-2H3,(H,16,18)(H,17,20). The summed E-state index contributed by atoms with van der Waals surface area (Å²) in [5, 5.41) is 11.8. The Morgan fingerprint density at radius 1 is 1.55 bits per heavy atom. The van der Waals surface area contributed by atoms with Crippen LogP contribution in [0.15, 0.2) is 22.6 Å². The average molecular weight is 289 g/mol. The largest absolute Gasteiger partial charge is 0.429 e. The molecule has 1 amide bonds. The van der Waals surface area contributed by atoms with Gasteiger partial charge < -0.3 is 14.7 Å². The number of carbonyl (C=O) groups excluding carboxylic acids is 1. The zero-order valence-corrected chi connectivity index (χ0v) is 12.1. The van der Waals surface area contributed by atoms with E-state index in [2.05, 4.69) is 16.4 Å². The minimum atomic E-state index is -0.490. The first-order chi connectivity index (χ1) is 9.49. The van der Waals surface area contributed by atoms with E-state index >= 15 is 0 Å². The third-order valence-electron chi connectivity index (χ3n) is 2.85. The highest BCUT2D eigenvalue weighted by molar-refractivity contribution is 7.71. The second-order valence-electron chi connectivity index (χ2n) is 5.01. The number of nitrogens with zero attached hydrogens (tertiary/aromatic N) is 1. The van der Waals surface area contributed by atoms with Crippen molar-refractivity contribution >= 4 is 29.2 Å². The van der Waals surface area contributed by atoms with Crippen LogP contribution >= 0.6 is 12.2 Å². The number of nitrogens with one attached hydrogen (secondary N) is 2. The first-order valence-corrected chi connectivity index (χ1v) is 6.73. The zero-order valence-electron chi connectivity index (χ0n) is 11.3. The van der Waals surface area contributed by atoms with Crippen LogP contribution in [-0.4, -0.2) is 16.9 Å². The molecule has 2 rings (SSSR count). The number of fused-ring (bicyclic) bond motifs is 1. The summed E-state index contributed by atoms with van der Waals surface area (Å²) >= 11 is 4.89. The lowest BCUT2D eigenvalue weighted by Gasteiger charge is -2.13. The normalized spacial score (nSPS) is 12.3. The van der Waals surface area contributed by atoms with Crippen molar-refractivity contribution < 1.29 is 9.21 Å². The van der Waals surface area contributed by atoms with E-state index in [1.807, 2.05) is 13.8 Å². The van der Waals surface area contributed by atoms with E-state index in [4.69, 9.17) is 21.9 Å². The molecule has 2 N–H and O–H groups in total. The van der Waals surface area contributed by atoms with Gasteiger partial charge in [-0.15, -0.1) is 0 Å². The fourth-order valence-electron chi connectivity index (χ4n) is 1.94. The molecule has 0 saturated carbocycles. The molecule has 0 fully saturated rings. The predicted octanol–water partition coefficient (Wildman–Crippen LogP) is 3.16. The predicted molar refractivity (Wildman–Crippen MR) is 77.7 cm³/mol. The average Bonchev–Trinajstić information content (AvgIpc) is 2.76. The van der Waals surface area contributed by atoms with Crippen LogP contribution in [0.1, 0.15) is 30.6 Å². The number of aromatic nitrogens is 1. The highest BCUT2D eigenvalue weighted by Crippen LogP contribution is 2.15. The van der Waals surface area contributed by atoms with Crippen LogP contribution in [-0.2, 0) is 0 Å². The van der Waals surface area contributed by atoms with Gasteiger partial charge in [-0.2, -0.15) is 5.26 Å². The highest BCUT2D eigenvalue weighted by Gasteiger charge is 2.15.